The number of carbonyl (C=O) groups excluding carboxylic acids is 1. The molecule has 0 saturated heterocycles. The van der Waals surface area contributed by atoms with Crippen LogP contribution in [0.15, 0.2) is 29.2 Å². The summed E-state index contributed by atoms with van der Waals surface area (Å²) in [4.78, 5) is 11.8. The lowest BCUT2D eigenvalue weighted by atomic mass is 10.2. The molecule has 0 aliphatic rings. The second-order valence-electron chi connectivity index (χ2n) is 2.16. The Labute approximate surface area is 74.3 Å². The molecule has 11 heavy (non-hydrogen) atoms. The van der Waals surface area contributed by atoms with E-state index in [0.717, 1.165) is 21.4 Å². The molecular weight excluding hydrogens is 180 g/mol. The Balaban J connectivity index is 2.91. The number of hydrogen-bond acceptors (Lipinski definition) is 2. The molecule has 0 spiro atoms. The second kappa shape index (κ2) is 3.79. The molecule has 3 heteroatoms. The smallest absolute Gasteiger partial charge is 0.159 e. The molecule has 1 aromatic rings. The number of hydrogen-bond donors (Lipinski definition) is 0. The molecule has 58 valence electrons. The average molecular weight is 187 g/mol. The molecule has 1 aromatic carbocycles. The zero-order valence-corrected chi connectivity index (χ0v) is 7.58. The Kier molecular flexibility index (Phi) is 2.97. The van der Waals surface area contributed by atoms with Crippen molar-refractivity contribution in [3.8, 4) is 0 Å². The maximum Gasteiger partial charge on any atom is 0.159 e. The molecule has 1 rings (SSSR count). The van der Waals surface area contributed by atoms with Gasteiger partial charge in [0.25, 0.3) is 0 Å². The van der Waals surface area contributed by atoms with Gasteiger partial charge in [-0.1, -0.05) is 12.1 Å². The van der Waals surface area contributed by atoms with Gasteiger partial charge in [-0.05, 0) is 40.7 Å². The molecule has 0 aliphatic heterocycles. The fraction of sp³-hybridized carbons (Fsp3) is 0.125. The zero-order valence-electron chi connectivity index (χ0n) is 6.00. The summed E-state index contributed by atoms with van der Waals surface area (Å²) in [6, 6.07) is 7.20. The van der Waals surface area contributed by atoms with Crippen molar-refractivity contribution in [3.05, 3.63) is 29.8 Å². The summed E-state index contributed by atoms with van der Waals surface area (Å²) in [6.45, 7) is 1.54. The Bertz CT molecular complexity index is 255. The highest BCUT2D eigenvalue weighted by Gasteiger charge is 1.97. The lowest BCUT2D eigenvalue weighted by molar-refractivity contribution is 0.101. The van der Waals surface area contributed by atoms with Gasteiger partial charge in [0.05, 0.1) is 0 Å². The number of ketones is 1. The van der Waals surface area contributed by atoms with E-state index >= 15 is 0 Å². The van der Waals surface area contributed by atoms with Crippen LogP contribution in [-0.2, 0) is 0 Å². The van der Waals surface area contributed by atoms with E-state index in [1.54, 1.807) is 19.1 Å². The molecule has 0 aromatic heterocycles. The van der Waals surface area contributed by atoms with Gasteiger partial charge in [-0.25, -0.2) is 0 Å². The van der Waals surface area contributed by atoms with Crippen LogP contribution >= 0.6 is 21.7 Å². The summed E-state index contributed by atoms with van der Waals surface area (Å²) in [5, 5.41) is 0. The van der Waals surface area contributed by atoms with E-state index in [2.05, 4.69) is 0 Å². The average Bonchev–Trinajstić information content (AvgIpc) is 2.05. The van der Waals surface area contributed by atoms with E-state index < -0.39 is 0 Å². The van der Waals surface area contributed by atoms with Crippen LogP contribution in [0.1, 0.15) is 17.3 Å². The van der Waals surface area contributed by atoms with E-state index in [4.69, 9.17) is 10.7 Å². The first-order valence-electron chi connectivity index (χ1n) is 3.13. The number of Topliss-reactive ketones (excluding diaryl/α,β-unsaturated/α-hetero) is 1. The molecule has 0 saturated carbocycles. The van der Waals surface area contributed by atoms with Gasteiger partial charge in [0, 0.05) is 10.5 Å². The van der Waals surface area contributed by atoms with Crippen LogP contribution in [0.3, 0.4) is 0 Å². The molecule has 0 fully saturated rings. The van der Waals surface area contributed by atoms with E-state index in [9.17, 15) is 4.79 Å². The van der Waals surface area contributed by atoms with E-state index in [-0.39, 0.29) is 5.78 Å². The van der Waals surface area contributed by atoms with Gasteiger partial charge in [-0.3, -0.25) is 4.79 Å². The predicted molar refractivity (Wildman–Crippen MR) is 48.2 cm³/mol. The number of carbonyl (C=O) groups is 1. The molecule has 0 aliphatic carbocycles. The fourth-order valence-corrected chi connectivity index (χ4v) is 1.29. The zero-order chi connectivity index (χ0) is 8.27. The van der Waals surface area contributed by atoms with Gasteiger partial charge in [-0.15, -0.1) is 0 Å². The van der Waals surface area contributed by atoms with Gasteiger partial charge < -0.3 is 0 Å². The minimum absolute atomic E-state index is 0.0797. The summed E-state index contributed by atoms with van der Waals surface area (Å²) < 4.78 is 0. The molecule has 0 N–H and O–H groups in total. The van der Waals surface area contributed by atoms with Crippen molar-refractivity contribution in [1.82, 2.24) is 0 Å². The van der Waals surface area contributed by atoms with Crippen LogP contribution in [0.25, 0.3) is 0 Å². The van der Waals surface area contributed by atoms with E-state index in [1.807, 2.05) is 12.1 Å². The quantitative estimate of drug-likeness (QED) is 0.661. The minimum Gasteiger partial charge on any atom is -0.295 e. The maximum absolute atomic E-state index is 10.8. The van der Waals surface area contributed by atoms with Crippen LogP contribution in [0, 0.1) is 0 Å². The second-order valence-corrected chi connectivity index (χ2v) is 3.25. The molecule has 0 amide bonds. The van der Waals surface area contributed by atoms with Crippen LogP contribution in [0.5, 0.6) is 0 Å². The number of benzene rings is 1. The number of halogens is 1. The molecule has 1 nitrogen and oxygen atoms in total. The standard InChI is InChI=1S/C8H7ClOS/c1-6(10)7-2-4-8(11-9)5-3-7/h2-5H,1H3. The van der Waals surface area contributed by atoms with Crippen LogP contribution < -0.4 is 0 Å². The van der Waals surface area contributed by atoms with Crippen LogP contribution in [0.4, 0.5) is 0 Å². The number of rotatable bonds is 2. The lowest BCUT2D eigenvalue weighted by Gasteiger charge is -1.95. The van der Waals surface area contributed by atoms with E-state index in [1.165, 1.54) is 0 Å². The van der Waals surface area contributed by atoms with E-state index in [0.29, 0.717) is 0 Å². The van der Waals surface area contributed by atoms with Gasteiger partial charge in [0.2, 0.25) is 0 Å². The highest BCUT2D eigenvalue weighted by molar-refractivity contribution is 8.21. The van der Waals surface area contributed by atoms with Crippen LogP contribution in [0.2, 0.25) is 0 Å². The van der Waals surface area contributed by atoms with Crippen molar-refractivity contribution < 1.29 is 4.79 Å². The SMILES string of the molecule is CC(=O)c1ccc(SCl)cc1. The Morgan fingerprint density at radius 3 is 2.27 bits per heavy atom. The Morgan fingerprint density at radius 1 is 1.36 bits per heavy atom. The maximum atomic E-state index is 10.8. The van der Waals surface area contributed by atoms with Crippen molar-refractivity contribution in [1.29, 1.82) is 0 Å². The Hall–Kier alpha value is -0.470. The van der Waals surface area contributed by atoms with Crippen molar-refractivity contribution in [2.45, 2.75) is 11.8 Å². The predicted octanol–water partition coefficient (Wildman–Crippen LogP) is 3.14. The first-order valence-corrected chi connectivity index (χ1v) is 4.78. The van der Waals surface area contributed by atoms with Gasteiger partial charge in [-0.2, -0.15) is 0 Å². The summed E-state index contributed by atoms with van der Waals surface area (Å²) in [5.74, 6) is 0.0797. The molecule has 0 unspecified atom stereocenters. The third-order valence-electron chi connectivity index (χ3n) is 1.35. The topological polar surface area (TPSA) is 17.1 Å². The molecule has 0 atom stereocenters. The lowest BCUT2D eigenvalue weighted by Crippen LogP contribution is -1.89. The van der Waals surface area contributed by atoms with Crippen molar-refractivity contribution in [3.63, 3.8) is 0 Å². The van der Waals surface area contributed by atoms with Crippen molar-refractivity contribution in [2.24, 2.45) is 0 Å². The summed E-state index contributed by atoms with van der Waals surface area (Å²) in [7, 11) is 6.64. The molecular formula is C8H7ClOS. The minimum atomic E-state index is 0.0797. The summed E-state index contributed by atoms with van der Waals surface area (Å²) in [5.41, 5.74) is 0.722. The summed E-state index contributed by atoms with van der Waals surface area (Å²) in [6.07, 6.45) is 0. The third-order valence-corrected chi connectivity index (χ3v) is 2.33. The van der Waals surface area contributed by atoms with Crippen LogP contribution in [-0.4, -0.2) is 5.78 Å². The van der Waals surface area contributed by atoms with Gasteiger partial charge in [0.15, 0.2) is 5.78 Å². The highest BCUT2D eigenvalue weighted by atomic mass is 35.7. The van der Waals surface area contributed by atoms with Gasteiger partial charge >= 0.3 is 0 Å². The third kappa shape index (κ3) is 2.24. The monoisotopic (exact) mass is 186 g/mol. The largest absolute Gasteiger partial charge is 0.295 e. The van der Waals surface area contributed by atoms with Gasteiger partial charge in [0.1, 0.15) is 0 Å². The van der Waals surface area contributed by atoms with Crippen molar-refractivity contribution >= 4 is 27.4 Å². The normalized spacial score (nSPS) is 9.64. The molecule has 0 heterocycles. The Morgan fingerprint density at radius 2 is 1.91 bits per heavy atom. The fourth-order valence-electron chi connectivity index (χ4n) is 0.741. The summed E-state index contributed by atoms with van der Waals surface area (Å²) >= 11 is 0. The molecule has 0 radical (unpaired) electrons. The molecule has 0 bridgehead atoms. The first kappa shape index (κ1) is 8.62. The highest BCUT2D eigenvalue weighted by Crippen LogP contribution is 2.21. The van der Waals surface area contributed by atoms with Crippen molar-refractivity contribution in [2.75, 3.05) is 0 Å². The first-order chi connectivity index (χ1) is 5.24.